The van der Waals surface area contributed by atoms with Crippen LogP contribution in [0.4, 0.5) is 0 Å². The summed E-state index contributed by atoms with van der Waals surface area (Å²) < 4.78 is 68.1. The molecule has 0 aliphatic carbocycles. The number of unbranched alkanes of at least 4 members (excludes halogenated alkanes) is 41. The van der Waals surface area contributed by atoms with Gasteiger partial charge in [-0.3, -0.25) is 37.3 Å². The van der Waals surface area contributed by atoms with Gasteiger partial charge in [0.05, 0.1) is 26.4 Å². The molecule has 0 aliphatic heterocycles. The van der Waals surface area contributed by atoms with Gasteiger partial charge in [0.1, 0.15) is 19.3 Å². The van der Waals surface area contributed by atoms with E-state index >= 15 is 0 Å². The molecule has 528 valence electrons. The van der Waals surface area contributed by atoms with E-state index in [-0.39, 0.29) is 25.7 Å². The summed E-state index contributed by atoms with van der Waals surface area (Å²) in [5.41, 5.74) is 0. The first-order chi connectivity index (χ1) is 43.1. The van der Waals surface area contributed by atoms with E-state index in [0.29, 0.717) is 25.7 Å². The molecule has 0 fully saturated rings. The second-order valence-electron chi connectivity index (χ2n) is 25.5. The zero-order valence-corrected chi connectivity index (χ0v) is 59.4. The van der Waals surface area contributed by atoms with Crippen molar-refractivity contribution < 1.29 is 80.2 Å². The molecule has 0 aromatic heterocycles. The Bertz CT molecular complexity index is 1720. The summed E-state index contributed by atoms with van der Waals surface area (Å²) in [5, 5.41) is 10.6. The summed E-state index contributed by atoms with van der Waals surface area (Å²) >= 11 is 0. The minimum absolute atomic E-state index is 0.106. The van der Waals surface area contributed by atoms with E-state index in [0.717, 1.165) is 95.8 Å². The maximum Gasteiger partial charge on any atom is 0.472 e. The maximum atomic E-state index is 13.0. The highest BCUT2D eigenvalue weighted by Gasteiger charge is 2.30. The van der Waals surface area contributed by atoms with Crippen molar-refractivity contribution in [2.24, 2.45) is 5.92 Å². The fourth-order valence-corrected chi connectivity index (χ4v) is 12.2. The number of phosphoric ester groups is 2. The molecule has 0 saturated heterocycles. The molecule has 0 aliphatic rings. The number of carbonyl (C=O) groups excluding carboxylic acids is 4. The Morgan fingerprint density at radius 3 is 0.798 bits per heavy atom. The van der Waals surface area contributed by atoms with Crippen molar-refractivity contribution in [3.63, 3.8) is 0 Å². The largest absolute Gasteiger partial charge is 0.472 e. The molecule has 0 aromatic carbocycles. The third-order valence-electron chi connectivity index (χ3n) is 16.6. The van der Waals surface area contributed by atoms with Crippen molar-refractivity contribution in [1.29, 1.82) is 0 Å². The summed E-state index contributed by atoms with van der Waals surface area (Å²) in [7, 11) is -9.89. The number of aliphatic hydroxyl groups is 1. The lowest BCUT2D eigenvalue weighted by atomic mass is 9.99. The van der Waals surface area contributed by atoms with E-state index in [1.54, 1.807) is 0 Å². The molecule has 0 heterocycles. The number of hydrogen-bond acceptors (Lipinski definition) is 15. The van der Waals surface area contributed by atoms with Gasteiger partial charge in [0, 0.05) is 25.7 Å². The Morgan fingerprint density at radius 1 is 0.315 bits per heavy atom. The van der Waals surface area contributed by atoms with Crippen LogP contribution in [0.1, 0.15) is 362 Å². The van der Waals surface area contributed by atoms with Gasteiger partial charge in [-0.25, -0.2) is 9.13 Å². The number of carbonyl (C=O) groups is 4. The van der Waals surface area contributed by atoms with Gasteiger partial charge in [-0.2, -0.15) is 0 Å². The fourth-order valence-electron chi connectivity index (χ4n) is 10.6. The molecule has 0 bridgehead atoms. The van der Waals surface area contributed by atoms with Crippen molar-refractivity contribution in [2.45, 2.75) is 380 Å². The molecule has 6 atom stereocenters. The van der Waals surface area contributed by atoms with Crippen LogP contribution in [0.2, 0.25) is 0 Å². The second-order valence-corrected chi connectivity index (χ2v) is 28.4. The highest BCUT2D eigenvalue weighted by atomic mass is 31.2. The van der Waals surface area contributed by atoms with E-state index in [4.69, 9.17) is 37.0 Å². The van der Waals surface area contributed by atoms with E-state index in [2.05, 4.69) is 34.6 Å². The van der Waals surface area contributed by atoms with Crippen LogP contribution >= 0.6 is 15.6 Å². The summed E-state index contributed by atoms with van der Waals surface area (Å²) in [5.74, 6) is -1.26. The fraction of sp³-hybridized carbons (Fsp3) is 0.943. The van der Waals surface area contributed by atoms with Crippen molar-refractivity contribution >= 4 is 39.5 Å². The van der Waals surface area contributed by atoms with Crippen LogP contribution < -0.4 is 0 Å². The first kappa shape index (κ1) is 87.1. The maximum absolute atomic E-state index is 13.0. The molecule has 89 heavy (non-hydrogen) atoms. The Labute approximate surface area is 543 Å². The lowest BCUT2D eigenvalue weighted by Crippen LogP contribution is -2.30. The minimum Gasteiger partial charge on any atom is -0.462 e. The van der Waals surface area contributed by atoms with Gasteiger partial charge < -0.3 is 33.8 Å². The molecule has 0 radical (unpaired) electrons. The van der Waals surface area contributed by atoms with Crippen molar-refractivity contribution in [2.75, 3.05) is 39.6 Å². The summed E-state index contributed by atoms with van der Waals surface area (Å²) in [6, 6.07) is 0. The van der Waals surface area contributed by atoms with E-state index in [1.165, 1.54) is 186 Å². The van der Waals surface area contributed by atoms with E-state index < -0.39 is 97.5 Å². The minimum atomic E-state index is -4.95. The molecule has 0 rings (SSSR count). The summed E-state index contributed by atoms with van der Waals surface area (Å²) in [4.78, 5) is 72.3. The van der Waals surface area contributed by atoms with Crippen molar-refractivity contribution in [3.8, 4) is 0 Å². The first-order valence-corrected chi connectivity index (χ1v) is 39.7. The highest BCUT2D eigenvalue weighted by molar-refractivity contribution is 7.47. The smallest absolute Gasteiger partial charge is 0.462 e. The molecule has 0 aromatic rings. The normalized spacial score (nSPS) is 14.4. The average molecular weight is 1310 g/mol. The molecule has 0 spiro atoms. The lowest BCUT2D eigenvalue weighted by Gasteiger charge is -2.21. The first-order valence-electron chi connectivity index (χ1n) is 36.7. The molecule has 0 saturated carbocycles. The Kier molecular flexibility index (Phi) is 62.1. The molecule has 3 N–H and O–H groups in total. The van der Waals surface area contributed by atoms with Gasteiger partial charge >= 0.3 is 39.5 Å². The second kappa shape index (κ2) is 63.5. The molecule has 0 amide bonds. The molecular weight excluding hydrogens is 1170 g/mol. The van der Waals surface area contributed by atoms with Crippen LogP contribution in [0.3, 0.4) is 0 Å². The quantitative estimate of drug-likeness (QED) is 0.0222. The lowest BCUT2D eigenvalue weighted by molar-refractivity contribution is -0.161. The van der Waals surface area contributed by atoms with Crippen LogP contribution in [0.5, 0.6) is 0 Å². The van der Waals surface area contributed by atoms with E-state index in [1.807, 2.05) is 0 Å². The monoisotopic (exact) mass is 1310 g/mol. The highest BCUT2D eigenvalue weighted by Crippen LogP contribution is 2.45. The average Bonchev–Trinajstić information content (AvgIpc) is 3.69. The van der Waals surface area contributed by atoms with Gasteiger partial charge in [0.25, 0.3) is 0 Å². The van der Waals surface area contributed by atoms with Gasteiger partial charge in [0.15, 0.2) is 12.2 Å². The third-order valence-corrected chi connectivity index (χ3v) is 18.5. The number of rotatable bonds is 70. The Balaban J connectivity index is 5.09. The van der Waals surface area contributed by atoms with Crippen molar-refractivity contribution in [1.82, 2.24) is 0 Å². The summed E-state index contributed by atoms with van der Waals surface area (Å²) in [6.07, 6.45) is 50.1. The number of esters is 4. The SMILES string of the molecule is CCCCCCCCCCCC(=O)OC[C@H](COP(=O)(O)OC[C@H](O)COP(=O)(O)OC[C@@H](COC(=O)CCCCCCCCCCC)OC(=O)CCCCCCCCCCCCCCCCCCCCC(C)CC)OC(=O)CCCCCCCCCCC. The number of phosphoric acid groups is 2. The third kappa shape index (κ3) is 63.2. The van der Waals surface area contributed by atoms with Crippen molar-refractivity contribution in [3.05, 3.63) is 0 Å². The van der Waals surface area contributed by atoms with Crippen LogP contribution in [-0.4, -0.2) is 96.7 Å². The van der Waals surface area contributed by atoms with Crippen LogP contribution in [0.15, 0.2) is 0 Å². The Hall–Kier alpha value is -1.94. The number of aliphatic hydroxyl groups excluding tert-OH is 1. The molecule has 19 heteroatoms. The Morgan fingerprint density at radius 2 is 0.539 bits per heavy atom. The standard InChI is InChI=1S/C70H136O17P2/c1-6-10-13-16-19-32-38-43-48-53-67(72)80-59-65(86-69(74)55-50-45-40-34-21-18-15-12-8-3)61-84-88(76,77)82-57-64(71)58-83-89(78,79)85-62-66(60-81-68(73)54-49-44-39-33-20-17-14-11-7-2)87-70(75)56-51-46-41-36-31-29-27-25-23-22-24-26-28-30-35-37-42-47-52-63(5)9-4/h63-66,71H,6-62H2,1-5H3,(H,76,77)(H,78,79)/t63?,64-,65+,66+/m0/s1. The van der Waals surface area contributed by atoms with Crippen LogP contribution in [0, 0.1) is 5.92 Å². The predicted octanol–water partition coefficient (Wildman–Crippen LogP) is 20.1. The summed E-state index contributed by atoms with van der Waals surface area (Å²) in [6.45, 7) is 7.26. The van der Waals surface area contributed by atoms with Gasteiger partial charge in [-0.15, -0.1) is 0 Å². The molecule has 3 unspecified atom stereocenters. The molecular formula is C70H136O17P2. The van der Waals surface area contributed by atoms with Crippen LogP contribution in [-0.2, 0) is 65.4 Å². The van der Waals surface area contributed by atoms with Gasteiger partial charge in [0.2, 0.25) is 0 Å². The van der Waals surface area contributed by atoms with Gasteiger partial charge in [-0.1, -0.05) is 311 Å². The zero-order chi connectivity index (χ0) is 65.6. The predicted molar refractivity (Wildman–Crippen MR) is 358 cm³/mol. The topological polar surface area (TPSA) is 237 Å². The van der Waals surface area contributed by atoms with Gasteiger partial charge in [-0.05, 0) is 31.6 Å². The zero-order valence-electron chi connectivity index (χ0n) is 57.6. The van der Waals surface area contributed by atoms with E-state index in [9.17, 15) is 43.2 Å². The molecule has 17 nitrogen and oxygen atoms in total. The number of ether oxygens (including phenoxy) is 4. The number of hydrogen-bond donors (Lipinski definition) is 3. The van der Waals surface area contributed by atoms with Crippen LogP contribution in [0.25, 0.3) is 0 Å².